The minimum Gasteiger partial charge on any atom is -0.165 e. The summed E-state index contributed by atoms with van der Waals surface area (Å²) in [4.78, 5) is 1.39. The minimum absolute atomic E-state index is 1.24. The lowest BCUT2D eigenvalue weighted by atomic mass is 10.4. The van der Waals surface area contributed by atoms with E-state index < -0.39 is 0 Å². The van der Waals surface area contributed by atoms with Gasteiger partial charge < -0.3 is 0 Å². The zero-order valence-corrected chi connectivity index (χ0v) is 8.96. The van der Waals surface area contributed by atoms with Crippen molar-refractivity contribution in [3.05, 3.63) is 30.3 Å². The van der Waals surface area contributed by atoms with E-state index in [-0.39, 0.29) is 0 Å². The van der Waals surface area contributed by atoms with Gasteiger partial charge in [0.05, 0.1) is 0 Å². The van der Waals surface area contributed by atoms with Crippen LogP contribution in [-0.2, 0) is 0 Å². The normalized spacial score (nSPS) is 10.1. The summed E-state index contributed by atoms with van der Waals surface area (Å²) in [6.07, 6.45) is 3.47. The van der Waals surface area contributed by atoms with Crippen molar-refractivity contribution in [2.24, 2.45) is 0 Å². The molecule has 0 spiro atoms. The van der Waals surface area contributed by atoms with Crippen LogP contribution < -0.4 is 0 Å². The van der Waals surface area contributed by atoms with Gasteiger partial charge >= 0.3 is 0 Å². The molecule has 0 radical (unpaired) electrons. The minimum atomic E-state index is 1.24. The molecular formula is C10H14S2. The summed E-state index contributed by atoms with van der Waals surface area (Å²) in [6.45, 7) is 0. The van der Waals surface area contributed by atoms with Crippen LogP contribution in [-0.4, -0.2) is 17.8 Å². The highest BCUT2D eigenvalue weighted by Crippen LogP contribution is 2.18. The van der Waals surface area contributed by atoms with E-state index in [2.05, 4.69) is 36.6 Å². The van der Waals surface area contributed by atoms with Gasteiger partial charge in [0.2, 0.25) is 0 Å². The third-order valence-electron chi connectivity index (χ3n) is 1.50. The zero-order valence-electron chi connectivity index (χ0n) is 7.32. The van der Waals surface area contributed by atoms with Crippen molar-refractivity contribution in [1.29, 1.82) is 0 Å². The van der Waals surface area contributed by atoms with Gasteiger partial charge in [-0.15, -0.1) is 11.8 Å². The Labute approximate surface area is 83.1 Å². The lowest BCUT2D eigenvalue weighted by Crippen LogP contribution is -1.82. The van der Waals surface area contributed by atoms with E-state index in [1.807, 2.05) is 23.5 Å². The van der Waals surface area contributed by atoms with Crippen LogP contribution in [0.4, 0.5) is 0 Å². The molecule has 0 aromatic heterocycles. The van der Waals surface area contributed by atoms with Gasteiger partial charge in [0.15, 0.2) is 0 Å². The molecule has 1 rings (SSSR count). The fourth-order valence-corrected chi connectivity index (χ4v) is 2.40. The fourth-order valence-electron chi connectivity index (χ4n) is 0.910. The highest BCUT2D eigenvalue weighted by atomic mass is 32.2. The highest BCUT2D eigenvalue weighted by molar-refractivity contribution is 7.99. The molecule has 0 unspecified atom stereocenters. The predicted molar refractivity (Wildman–Crippen MR) is 60.2 cm³/mol. The molecule has 0 aliphatic carbocycles. The maximum atomic E-state index is 2.17. The lowest BCUT2D eigenvalue weighted by molar-refractivity contribution is 1.12. The maximum Gasteiger partial charge on any atom is 0.00719 e. The first-order valence-electron chi connectivity index (χ1n) is 4.10. The molecule has 2 heteroatoms. The Morgan fingerprint density at radius 1 is 1.08 bits per heavy atom. The molecule has 0 fully saturated rings. The molecule has 0 N–H and O–H groups in total. The Bertz CT molecular complexity index is 196. The number of hydrogen-bond donors (Lipinski definition) is 0. The van der Waals surface area contributed by atoms with Crippen molar-refractivity contribution in [3.8, 4) is 0 Å². The summed E-state index contributed by atoms with van der Waals surface area (Å²) in [5, 5.41) is 0. The Kier molecular flexibility index (Phi) is 5.37. The molecule has 1 aromatic rings. The smallest absolute Gasteiger partial charge is 0.00719 e. The second-order valence-corrected chi connectivity index (χ2v) is 4.66. The molecular weight excluding hydrogens is 184 g/mol. The van der Waals surface area contributed by atoms with E-state index in [0.29, 0.717) is 0 Å². The van der Waals surface area contributed by atoms with Crippen LogP contribution in [0.15, 0.2) is 35.2 Å². The van der Waals surface area contributed by atoms with Crippen molar-refractivity contribution in [2.45, 2.75) is 11.3 Å². The van der Waals surface area contributed by atoms with Gasteiger partial charge in [-0.3, -0.25) is 0 Å². The number of rotatable bonds is 5. The van der Waals surface area contributed by atoms with Gasteiger partial charge in [0.25, 0.3) is 0 Å². The monoisotopic (exact) mass is 198 g/mol. The van der Waals surface area contributed by atoms with Crippen molar-refractivity contribution >= 4 is 23.5 Å². The van der Waals surface area contributed by atoms with Crippen LogP contribution in [0.2, 0.25) is 0 Å². The van der Waals surface area contributed by atoms with E-state index >= 15 is 0 Å². The van der Waals surface area contributed by atoms with Crippen LogP contribution in [0.1, 0.15) is 6.42 Å². The average Bonchev–Trinajstić information content (AvgIpc) is 2.14. The predicted octanol–water partition coefficient (Wildman–Crippen LogP) is 3.53. The van der Waals surface area contributed by atoms with Crippen LogP contribution in [0.25, 0.3) is 0 Å². The fraction of sp³-hybridized carbons (Fsp3) is 0.400. The summed E-state index contributed by atoms with van der Waals surface area (Å²) in [5.74, 6) is 2.52. The van der Waals surface area contributed by atoms with E-state index in [4.69, 9.17) is 0 Å². The van der Waals surface area contributed by atoms with Crippen LogP contribution in [0, 0.1) is 0 Å². The van der Waals surface area contributed by atoms with Gasteiger partial charge in [-0.2, -0.15) is 11.8 Å². The van der Waals surface area contributed by atoms with Crippen molar-refractivity contribution in [2.75, 3.05) is 17.8 Å². The Morgan fingerprint density at radius 3 is 2.50 bits per heavy atom. The first kappa shape index (κ1) is 10.0. The van der Waals surface area contributed by atoms with E-state index in [0.717, 1.165) is 0 Å². The summed E-state index contributed by atoms with van der Waals surface area (Å²) >= 11 is 3.87. The summed E-state index contributed by atoms with van der Waals surface area (Å²) in [5.41, 5.74) is 0. The molecule has 12 heavy (non-hydrogen) atoms. The Morgan fingerprint density at radius 2 is 1.83 bits per heavy atom. The second kappa shape index (κ2) is 6.44. The van der Waals surface area contributed by atoms with Gasteiger partial charge in [-0.25, -0.2) is 0 Å². The Hall–Kier alpha value is -0.0800. The van der Waals surface area contributed by atoms with Crippen LogP contribution in [0.3, 0.4) is 0 Å². The SMILES string of the molecule is CSCCCSc1ccccc1. The first-order valence-corrected chi connectivity index (χ1v) is 6.48. The third kappa shape index (κ3) is 4.07. The molecule has 0 atom stereocenters. The van der Waals surface area contributed by atoms with Gasteiger partial charge in [0, 0.05) is 4.90 Å². The van der Waals surface area contributed by atoms with Gasteiger partial charge in [0.1, 0.15) is 0 Å². The van der Waals surface area contributed by atoms with Crippen molar-refractivity contribution in [3.63, 3.8) is 0 Å². The molecule has 0 amide bonds. The van der Waals surface area contributed by atoms with Crippen molar-refractivity contribution in [1.82, 2.24) is 0 Å². The van der Waals surface area contributed by atoms with Gasteiger partial charge in [-0.1, -0.05) is 18.2 Å². The molecule has 0 nitrogen and oxygen atoms in total. The molecule has 0 bridgehead atoms. The molecule has 0 saturated heterocycles. The summed E-state index contributed by atoms with van der Waals surface area (Å²) in [7, 11) is 0. The van der Waals surface area contributed by atoms with Crippen molar-refractivity contribution < 1.29 is 0 Å². The second-order valence-electron chi connectivity index (χ2n) is 2.51. The molecule has 0 heterocycles. The molecule has 66 valence electrons. The number of hydrogen-bond acceptors (Lipinski definition) is 2. The average molecular weight is 198 g/mol. The summed E-state index contributed by atoms with van der Waals surface area (Å²) in [6, 6.07) is 10.6. The quantitative estimate of drug-likeness (QED) is 0.524. The Balaban J connectivity index is 2.16. The first-order chi connectivity index (χ1) is 5.93. The lowest BCUT2D eigenvalue weighted by Gasteiger charge is -1.99. The third-order valence-corrected chi connectivity index (χ3v) is 3.30. The van der Waals surface area contributed by atoms with E-state index in [1.54, 1.807) is 0 Å². The van der Waals surface area contributed by atoms with Crippen LogP contribution >= 0.6 is 23.5 Å². The molecule has 1 aromatic carbocycles. The van der Waals surface area contributed by atoms with E-state index in [1.165, 1.54) is 22.8 Å². The molecule has 0 aliphatic rings. The molecule has 0 aliphatic heterocycles. The zero-order chi connectivity index (χ0) is 8.65. The van der Waals surface area contributed by atoms with Gasteiger partial charge in [-0.05, 0) is 36.3 Å². The topological polar surface area (TPSA) is 0 Å². The highest BCUT2D eigenvalue weighted by Gasteiger charge is 1.91. The van der Waals surface area contributed by atoms with Crippen LogP contribution in [0.5, 0.6) is 0 Å². The number of benzene rings is 1. The molecule has 0 saturated carbocycles. The summed E-state index contributed by atoms with van der Waals surface area (Å²) < 4.78 is 0. The largest absolute Gasteiger partial charge is 0.165 e. The number of thioether (sulfide) groups is 2. The van der Waals surface area contributed by atoms with E-state index in [9.17, 15) is 0 Å². The standard InChI is InChI=1S/C10H14S2/c1-11-8-5-9-12-10-6-3-2-4-7-10/h2-4,6-7H,5,8-9H2,1H3. The maximum absolute atomic E-state index is 2.17.